The van der Waals surface area contributed by atoms with E-state index in [0.29, 0.717) is 24.9 Å². The number of carbonyl (C=O) groups excluding carboxylic acids is 5. The fourth-order valence-corrected chi connectivity index (χ4v) is 4.13. The lowest BCUT2D eigenvalue weighted by Gasteiger charge is -2.26. The van der Waals surface area contributed by atoms with Gasteiger partial charge in [-0.3, -0.25) is 24.0 Å². The molecule has 0 spiro atoms. The lowest BCUT2D eigenvalue weighted by molar-refractivity contribution is -0.141. The van der Waals surface area contributed by atoms with E-state index in [-0.39, 0.29) is 24.3 Å². The van der Waals surface area contributed by atoms with Gasteiger partial charge in [0.15, 0.2) is 0 Å². The van der Waals surface area contributed by atoms with Gasteiger partial charge in [0.25, 0.3) is 0 Å². The van der Waals surface area contributed by atoms with Crippen molar-refractivity contribution in [2.75, 3.05) is 18.1 Å². The molecule has 1 aromatic carbocycles. The van der Waals surface area contributed by atoms with E-state index < -0.39 is 71.8 Å². The van der Waals surface area contributed by atoms with Crippen LogP contribution in [0.15, 0.2) is 30.3 Å². The Balaban J connectivity index is 3.07. The normalized spacial score (nSPS) is 15.0. The van der Waals surface area contributed by atoms with Gasteiger partial charge >= 0.3 is 5.97 Å². The number of thiol groups is 2. The highest BCUT2D eigenvalue weighted by atomic mass is 32.1. The largest absolute Gasteiger partial charge is 0.480 e. The Hall–Kier alpha value is -3.34. The van der Waals surface area contributed by atoms with Crippen LogP contribution in [0.2, 0.25) is 0 Å². The molecule has 0 aliphatic rings. The Bertz CT molecular complexity index is 1100. The number of hydrogen-bond acceptors (Lipinski definition) is 10. The second kappa shape index (κ2) is 19.8. The van der Waals surface area contributed by atoms with Crippen LogP contribution in [0.5, 0.6) is 0 Å². The van der Waals surface area contributed by atoms with Gasteiger partial charge in [0, 0.05) is 17.9 Å². The van der Waals surface area contributed by atoms with Crippen LogP contribution in [0.1, 0.15) is 38.7 Å². The minimum absolute atomic E-state index is 0.0543. The van der Waals surface area contributed by atoms with Gasteiger partial charge in [-0.15, -0.1) is 0 Å². The molecule has 0 aromatic heterocycles. The van der Waals surface area contributed by atoms with Crippen LogP contribution in [0, 0.1) is 0 Å². The fraction of sp³-hybridized carbons (Fsp3) is 0.556. The van der Waals surface area contributed by atoms with Crippen LogP contribution in [-0.2, 0) is 35.2 Å². The number of aliphatic carboxylic acids is 1. The van der Waals surface area contributed by atoms with Gasteiger partial charge in [-0.2, -0.15) is 25.3 Å². The quantitative estimate of drug-likeness (QED) is 0.0599. The zero-order valence-electron chi connectivity index (χ0n) is 24.2. The van der Waals surface area contributed by atoms with E-state index in [0.717, 1.165) is 0 Å². The molecule has 1 aromatic rings. The Kier molecular flexibility index (Phi) is 17.3. The molecule has 16 heteroatoms. The lowest BCUT2D eigenvalue weighted by Crippen LogP contribution is -2.59. The molecular weight excluding hydrogens is 598 g/mol. The number of carboxylic acids is 1. The van der Waals surface area contributed by atoms with Gasteiger partial charge in [-0.05, 0) is 45.2 Å². The average Bonchev–Trinajstić information content (AvgIpc) is 2.98. The minimum atomic E-state index is -1.28. The van der Waals surface area contributed by atoms with Crippen LogP contribution in [0.4, 0.5) is 0 Å². The summed E-state index contributed by atoms with van der Waals surface area (Å²) in [5.41, 5.74) is 11.9. The number of nitrogens with one attached hydrogen (secondary N) is 5. The molecule has 240 valence electrons. The van der Waals surface area contributed by atoms with Crippen molar-refractivity contribution in [1.29, 1.82) is 0 Å². The SMILES string of the molecule is C[C@H](NC(=O)[C@H](C)NC(=O)[C@@H](N)CS)C(=O)N[C@@H](Cc1ccccc1)C(=O)N[C@H](CCCCN)C(=O)N[C@@H](CS)C(=O)O. The summed E-state index contributed by atoms with van der Waals surface area (Å²) >= 11 is 7.91. The van der Waals surface area contributed by atoms with Crippen molar-refractivity contribution in [3.05, 3.63) is 35.9 Å². The molecule has 5 amide bonds. The highest BCUT2D eigenvalue weighted by Crippen LogP contribution is 2.07. The molecule has 43 heavy (non-hydrogen) atoms. The predicted molar refractivity (Wildman–Crippen MR) is 167 cm³/mol. The average molecular weight is 642 g/mol. The molecule has 1 rings (SSSR count). The van der Waals surface area contributed by atoms with Crippen molar-refractivity contribution in [3.8, 4) is 0 Å². The van der Waals surface area contributed by atoms with Crippen LogP contribution in [0.3, 0.4) is 0 Å². The van der Waals surface area contributed by atoms with E-state index in [1.54, 1.807) is 30.3 Å². The standard InChI is InChI=1S/C27H43N7O7S2/c1-15(31-24(37)18(29)13-42)22(35)30-16(2)23(36)33-20(12-17-8-4-3-5-9-17)26(39)32-19(10-6-7-11-28)25(38)34-21(14-43)27(40)41/h3-5,8-9,15-16,18-21,42-43H,6-7,10-14,28-29H2,1-2H3,(H,30,35)(H,31,37)(H,32,39)(H,33,36)(H,34,38)(H,40,41)/t15-,16-,18-,19+,20-,21-/m0/s1. The summed E-state index contributed by atoms with van der Waals surface area (Å²) in [5, 5.41) is 21.8. The highest BCUT2D eigenvalue weighted by Gasteiger charge is 2.31. The number of hydrogen-bond donors (Lipinski definition) is 10. The van der Waals surface area contributed by atoms with E-state index in [9.17, 15) is 33.9 Å². The molecule has 6 atom stereocenters. The number of nitrogens with two attached hydrogens (primary N) is 2. The number of amides is 5. The fourth-order valence-electron chi connectivity index (χ4n) is 3.72. The molecule has 0 bridgehead atoms. The Morgan fingerprint density at radius 2 is 1.23 bits per heavy atom. The zero-order chi connectivity index (χ0) is 32.5. The first kappa shape index (κ1) is 37.7. The number of carboxylic acid groups (broad SMARTS) is 1. The number of rotatable bonds is 19. The van der Waals surface area contributed by atoms with Gasteiger partial charge in [0.2, 0.25) is 29.5 Å². The molecular formula is C27H43N7O7S2. The summed E-state index contributed by atoms with van der Waals surface area (Å²) in [7, 11) is 0. The van der Waals surface area contributed by atoms with Crippen LogP contribution < -0.4 is 38.1 Å². The van der Waals surface area contributed by atoms with Gasteiger partial charge < -0.3 is 43.2 Å². The second-order valence-electron chi connectivity index (χ2n) is 9.93. The second-order valence-corrected chi connectivity index (χ2v) is 10.7. The van der Waals surface area contributed by atoms with Crippen LogP contribution >= 0.6 is 25.3 Å². The molecule has 0 radical (unpaired) electrons. The van der Waals surface area contributed by atoms with Crippen LogP contribution in [0.25, 0.3) is 0 Å². The lowest BCUT2D eigenvalue weighted by atomic mass is 10.0. The summed E-state index contributed by atoms with van der Waals surface area (Å²) in [6.07, 6.45) is 1.26. The third-order valence-electron chi connectivity index (χ3n) is 6.33. The van der Waals surface area contributed by atoms with E-state index in [1.807, 2.05) is 0 Å². The molecule has 0 heterocycles. The van der Waals surface area contributed by atoms with Crippen molar-refractivity contribution in [2.24, 2.45) is 11.5 Å². The molecule has 0 saturated carbocycles. The Labute approximate surface area is 262 Å². The van der Waals surface area contributed by atoms with Crippen molar-refractivity contribution < 1.29 is 33.9 Å². The minimum Gasteiger partial charge on any atom is -0.480 e. The van der Waals surface area contributed by atoms with Gasteiger partial charge in [-0.1, -0.05) is 30.3 Å². The van der Waals surface area contributed by atoms with E-state index >= 15 is 0 Å². The van der Waals surface area contributed by atoms with Gasteiger partial charge in [0.1, 0.15) is 30.2 Å². The van der Waals surface area contributed by atoms with Crippen LogP contribution in [-0.4, -0.2) is 94.9 Å². The molecule has 10 N–H and O–H groups in total. The zero-order valence-corrected chi connectivity index (χ0v) is 26.0. The van der Waals surface area contributed by atoms with Gasteiger partial charge in [0.05, 0.1) is 6.04 Å². The van der Waals surface area contributed by atoms with Gasteiger partial charge in [-0.25, -0.2) is 4.79 Å². The van der Waals surface area contributed by atoms with Crippen molar-refractivity contribution in [3.63, 3.8) is 0 Å². The molecule has 0 fully saturated rings. The monoisotopic (exact) mass is 641 g/mol. The predicted octanol–water partition coefficient (Wildman–Crippen LogP) is -1.91. The summed E-state index contributed by atoms with van der Waals surface area (Å²) in [6.45, 7) is 3.19. The summed E-state index contributed by atoms with van der Waals surface area (Å²) in [4.78, 5) is 75.5. The third-order valence-corrected chi connectivity index (χ3v) is 7.09. The Morgan fingerprint density at radius 3 is 1.77 bits per heavy atom. The third kappa shape index (κ3) is 13.7. The summed E-state index contributed by atoms with van der Waals surface area (Å²) < 4.78 is 0. The highest BCUT2D eigenvalue weighted by molar-refractivity contribution is 7.80. The Morgan fingerprint density at radius 1 is 0.721 bits per heavy atom. The summed E-state index contributed by atoms with van der Waals surface area (Å²) in [5.74, 6) is -4.70. The maximum Gasteiger partial charge on any atom is 0.327 e. The molecule has 0 saturated heterocycles. The van der Waals surface area contributed by atoms with Crippen molar-refractivity contribution >= 4 is 60.8 Å². The maximum absolute atomic E-state index is 13.5. The van der Waals surface area contributed by atoms with E-state index in [4.69, 9.17) is 11.5 Å². The number of carbonyl (C=O) groups is 6. The summed E-state index contributed by atoms with van der Waals surface area (Å²) in [6, 6.07) is 2.26. The van der Waals surface area contributed by atoms with Crippen molar-refractivity contribution in [1.82, 2.24) is 26.6 Å². The molecule has 0 aliphatic carbocycles. The first-order chi connectivity index (χ1) is 20.3. The van der Waals surface area contributed by atoms with Crippen molar-refractivity contribution in [2.45, 2.75) is 75.8 Å². The maximum atomic E-state index is 13.5. The topological polar surface area (TPSA) is 235 Å². The van der Waals surface area contributed by atoms with E-state index in [1.165, 1.54) is 13.8 Å². The molecule has 14 nitrogen and oxygen atoms in total. The molecule has 0 unspecified atom stereocenters. The number of benzene rings is 1. The molecule has 0 aliphatic heterocycles. The van der Waals surface area contributed by atoms with E-state index in [2.05, 4.69) is 51.8 Å². The first-order valence-electron chi connectivity index (χ1n) is 13.8. The smallest absolute Gasteiger partial charge is 0.327 e. The number of unbranched alkanes of at least 4 members (excludes halogenated alkanes) is 1. The first-order valence-corrected chi connectivity index (χ1v) is 15.1.